The standard InChI is InChI=1S/C11H11Br2FO/c1-2-11(15)9(13)6-7-3-4-10(14)8(12)5-7/h3-5,9H,2,6H2,1H3. The van der Waals surface area contributed by atoms with Crippen molar-refractivity contribution in [2.24, 2.45) is 0 Å². The molecule has 1 aromatic rings. The van der Waals surface area contributed by atoms with E-state index in [9.17, 15) is 9.18 Å². The Morgan fingerprint density at radius 3 is 2.73 bits per heavy atom. The third-order valence-corrected chi connectivity index (χ3v) is 3.54. The van der Waals surface area contributed by atoms with Gasteiger partial charge in [0.05, 0.1) is 9.30 Å². The highest BCUT2D eigenvalue weighted by atomic mass is 79.9. The first kappa shape index (κ1) is 12.8. The van der Waals surface area contributed by atoms with Crippen LogP contribution in [0.15, 0.2) is 22.7 Å². The third-order valence-electron chi connectivity index (χ3n) is 2.10. The van der Waals surface area contributed by atoms with E-state index in [0.29, 0.717) is 17.3 Å². The second kappa shape index (κ2) is 5.75. The molecule has 0 amide bonds. The van der Waals surface area contributed by atoms with Gasteiger partial charge in [0.1, 0.15) is 11.6 Å². The van der Waals surface area contributed by atoms with Crippen LogP contribution >= 0.6 is 31.9 Å². The summed E-state index contributed by atoms with van der Waals surface area (Å²) in [4.78, 5) is 11.2. The Labute approximate surface area is 105 Å². The van der Waals surface area contributed by atoms with Crippen LogP contribution in [0.4, 0.5) is 4.39 Å². The Morgan fingerprint density at radius 2 is 2.20 bits per heavy atom. The monoisotopic (exact) mass is 336 g/mol. The molecule has 1 rings (SSSR count). The van der Waals surface area contributed by atoms with E-state index in [1.54, 1.807) is 12.1 Å². The highest BCUT2D eigenvalue weighted by Gasteiger charge is 2.13. The molecule has 0 aliphatic rings. The average Bonchev–Trinajstić information content (AvgIpc) is 2.22. The zero-order valence-electron chi connectivity index (χ0n) is 8.27. The van der Waals surface area contributed by atoms with Crippen molar-refractivity contribution < 1.29 is 9.18 Å². The van der Waals surface area contributed by atoms with Gasteiger partial charge in [0.2, 0.25) is 0 Å². The smallest absolute Gasteiger partial charge is 0.146 e. The van der Waals surface area contributed by atoms with Crippen molar-refractivity contribution in [3.05, 3.63) is 34.1 Å². The van der Waals surface area contributed by atoms with Crippen LogP contribution in [0.25, 0.3) is 0 Å². The number of hydrogen-bond acceptors (Lipinski definition) is 1. The van der Waals surface area contributed by atoms with E-state index < -0.39 is 0 Å². The minimum atomic E-state index is -0.285. The minimum absolute atomic E-state index is 0.162. The first-order chi connectivity index (χ1) is 7.04. The highest BCUT2D eigenvalue weighted by Crippen LogP contribution is 2.19. The van der Waals surface area contributed by atoms with E-state index in [1.165, 1.54) is 6.07 Å². The SMILES string of the molecule is CCC(=O)C(Br)Cc1ccc(F)c(Br)c1. The minimum Gasteiger partial charge on any atom is -0.298 e. The van der Waals surface area contributed by atoms with Crippen molar-refractivity contribution in [1.82, 2.24) is 0 Å². The molecule has 0 heterocycles. The Bertz CT molecular complexity index is 366. The van der Waals surface area contributed by atoms with E-state index in [1.807, 2.05) is 6.92 Å². The molecule has 0 aliphatic carbocycles. The molecule has 1 nitrogen and oxygen atoms in total. The van der Waals surface area contributed by atoms with Gasteiger partial charge < -0.3 is 0 Å². The lowest BCUT2D eigenvalue weighted by molar-refractivity contribution is -0.118. The zero-order valence-corrected chi connectivity index (χ0v) is 11.4. The first-order valence-corrected chi connectivity index (χ1v) is 6.36. The molecule has 1 atom stereocenters. The maximum atomic E-state index is 12.9. The summed E-state index contributed by atoms with van der Waals surface area (Å²) in [6.07, 6.45) is 1.10. The fourth-order valence-electron chi connectivity index (χ4n) is 1.21. The lowest BCUT2D eigenvalue weighted by Crippen LogP contribution is -2.15. The number of hydrogen-bond donors (Lipinski definition) is 0. The molecule has 0 fully saturated rings. The predicted molar refractivity (Wildman–Crippen MR) is 65.8 cm³/mol. The van der Waals surface area contributed by atoms with Gasteiger partial charge in [-0.1, -0.05) is 28.9 Å². The van der Waals surface area contributed by atoms with Gasteiger partial charge in [0.15, 0.2) is 0 Å². The summed E-state index contributed by atoms with van der Waals surface area (Å²) in [6, 6.07) is 4.79. The van der Waals surface area contributed by atoms with Gasteiger partial charge in [-0.15, -0.1) is 0 Å². The van der Waals surface area contributed by atoms with Crippen molar-refractivity contribution in [3.8, 4) is 0 Å². The summed E-state index contributed by atoms with van der Waals surface area (Å²) >= 11 is 6.44. The van der Waals surface area contributed by atoms with Crippen LogP contribution in [0, 0.1) is 5.82 Å². The molecule has 15 heavy (non-hydrogen) atoms. The quantitative estimate of drug-likeness (QED) is 0.762. The number of benzene rings is 1. The molecule has 0 bridgehead atoms. The van der Waals surface area contributed by atoms with Gasteiger partial charge in [-0.2, -0.15) is 0 Å². The Kier molecular flexibility index (Phi) is 4.93. The summed E-state index contributed by atoms with van der Waals surface area (Å²) in [7, 11) is 0. The Hall–Kier alpha value is -0.220. The summed E-state index contributed by atoms with van der Waals surface area (Å²) in [5, 5.41) is 0. The number of alkyl halides is 1. The number of rotatable bonds is 4. The molecule has 0 aliphatic heterocycles. The molecule has 0 saturated carbocycles. The lowest BCUT2D eigenvalue weighted by Gasteiger charge is -2.07. The molecule has 4 heteroatoms. The summed E-state index contributed by atoms with van der Waals surface area (Å²) in [5.74, 6) is -0.123. The fraction of sp³-hybridized carbons (Fsp3) is 0.364. The molecule has 0 aromatic heterocycles. The topological polar surface area (TPSA) is 17.1 Å². The Morgan fingerprint density at radius 1 is 1.53 bits per heavy atom. The van der Waals surface area contributed by atoms with Crippen LogP contribution in [-0.2, 0) is 11.2 Å². The van der Waals surface area contributed by atoms with Gasteiger partial charge in [-0.3, -0.25) is 4.79 Å². The van der Waals surface area contributed by atoms with Gasteiger partial charge in [-0.05, 0) is 40.0 Å². The summed E-state index contributed by atoms with van der Waals surface area (Å²) < 4.78 is 13.4. The van der Waals surface area contributed by atoms with E-state index in [4.69, 9.17) is 0 Å². The molecule has 1 aromatic carbocycles. The Balaban J connectivity index is 2.73. The second-order valence-electron chi connectivity index (χ2n) is 3.24. The van der Waals surface area contributed by atoms with Crippen molar-refractivity contribution in [3.63, 3.8) is 0 Å². The third kappa shape index (κ3) is 3.68. The normalized spacial score (nSPS) is 12.5. The van der Waals surface area contributed by atoms with Gasteiger partial charge in [0.25, 0.3) is 0 Å². The number of carbonyl (C=O) groups is 1. The maximum Gasteiger partial charge on any atom is 0.146 e. The van der Waals surface area contributed by atoms with Gasteiger partial charge in [-0.25, -0.2) is 4.39 Å². The van der Waals surface area contributed by atoms with E-state index in [-0.39, 0.29) is 16.4 Å². The second-order valence-corrected chi connectivity index (χ2v) is 5.20. The number of ketones is 1. The van der Waals surface area contributed by atoms with E-state index in [0.717, 1.165) is 5.56 Å². The summed E-state index contributed by atoms with van der Waals surface area (Å²) in [5.41, 5.74) is 0.937. The predicted octanol–water partition coefficient (Wildman–Crippen LogP) is 3.87. The molecule has 0 radical (unpaired) electrons. The van der Waals surface area contributed by atoms with Crippen LogP contribution in [0.2, 0.25) is 0 Å². The molecular formula is C11H11Br2FO. The lowest BCUT2D eigenvalue weighted by atomic mass is 10.1. The number of halogens is 3. The van der Waals surface area contributed by atoms with Crippen LogP contribution in [0.5, 0.6) is 0 Å². The first-order valence-electron chi connectivity index (χ1n) is 4.65. The van der Waals surface area contributed by atoms with Crippen molar-refractivity contribution in [2.45, 2.75) is 24.6 Å². The fourth-order valence-corrected chi connectivity index (χ4v) is 2.33. The molecule has 0 N–H and O–H groups in total. The maximum absolute atomic E-state index is 12.9. The van der Waals surface area contributed by atoms with Crippen molar-refractivity contribution >= 4 is 37.6 Å². The molecule has 1 unspecified atom stereocenters. The molecule has 82 valence electrons. The van der Waals surface area contributed by atoms with E-state index >= 15 is 0 Å². The van der Waals surface area contributed by atoms with Crippen LogP contribution < -0.4 is 0 Å². The molecular weight excluding hydrogens is 327 g/mol. The van der Waals surface area contributed by atoms with E-state index in [2.05, 4.69) is 31.9 Å². The summed E-state index contributed by atoms with van der Waals surface area (Å²) in [6.45, 7) is 1.83. The van der Waals surface area contributed by atoms with Gasteiger partial charge >= 0.3 is 0 Å². The number of Topliss-reactive ketones (excluding diaryl/α,β-unsaturated/α-hetero) is 1. The highest BCUT2D eigenvalue weighted by molar-refractivity contribution is 9.10. The molecule has 0 saturated heterocycles. The zero-order chi connectivity index (χ0) is 11.4. The van der Waals surface area contributed by atoms with Crippen LogP contribution in [0.3, 0.4) is 0 Å². The largest absolute Gasteiger partial charge is 0.298 e. The average molecular weight is 338 g/mol. The van der Waals surface area contributed by atoms with Crippen LogP contribution in [0.1, 0.15) is 18.9 Å². The van der Waals surface area contributed by atoms with Crippen molar-refractivity contribution in [2.75, 3.05) is 0 Å². The van der Waals surface area contributed by atoms with Crippen LogP contribution in [-0.4, -0.2) is 10.6 Å². The molecule has 0 spiro atoms. The number of carbonyl (C=O) groups excluding carboxylic acids is 1. The van der Waals surface area contributed by atoms with Crippen molar-refractivity contribution in [1.29, 1.82) is 0 Å². The van der Waals surface area contributed by atoms with Gasteiger partial charge in [0, 0.05) is 6.42 Å².